The first-order valence-electron chi connectivity index (χ1n) is 9.87. The van der Waals surface area contributed by atoms with Crippen LogP contribution in [0.5, 0.6) is 5.75 Å². The Bertz CT molecular complexity index is 1100. The largest absolute Gasteiger partial charge is 0.497 e. The molecule has 0 spiro atoms. The summed E-state index contributed by atoms with van der Waals surface area (Å²) in [5, 5.41) is 0.694. The van der Waals surface area contributed by atoms with Crippen molar-refractivity contribution in [3.05, 3.63) is 56.4 Å². The quantitative estimate of drug-likeness (QED) is 0.712. The number of piperidine rings is 1. The number of fused-ring (bicyclic) bond motifs is 1. The zero-order chi connectivity index (χ0) is 20.5. The monoisotopic (exact) mass is 411 g/mol. The fraction of sp³-hybridized carbons (Fsp3) is 0.409. The van der Waals surface area contributed by atoms with Crippen LogP contribution in [0.15, 0.2) is 29.1 Å². The van der Waals surface area contributed by atoms with Gasteiger partial charge in [-0.3, -0.25) is 9.59 Å². The number of thiophene rings is 1. The van der Waals surface area contributed by atoms with Crippen LogP contribution in [0.2, 0.25) is 0 Å². The number of carbonyl (C=O) groups excluding carboxylic acids is 1. The molecule has 152 valence electrons. The lowest BCUT2D eigenvalue weighted by Gasteiger charge is -2.32. The highest BCUT2D eigenvalue weighted by Crippen LogP contribution is 2.29. The number of rotatable bonds is 4. The van der Waals surface area contributed by atoms with E-state index in [9.17, 15) is 9.59 Å². The minimum Gasteiger partial charge on any atom is -0.497 e. The molecule has 6 nitrogen and oxygen atoms in total. The maximum atomic E-state index is 12.8. The molecule has 1 amide bonds. The summed E-state index contributed by atoms with van der Waals surface area (Å²) >= 11 is 1.56. The van der Waals surface area contributed by atoms with Gasteiger partial charge in [-0.1, -0.05) is 12.1 Å². The SMILES string of the molecule is COc1ccc(CC(=O)N2CCCC(c3nc4sc(C)c(C)c4c(=O)[nH]3)C2)cc1. The number of likely N-dealkylation sites (tertiary alicyclic amines) is 1. The van der Waals surface area contributed by atoms with E-state index in [0.717, 1.165) is 46.0 Å². The van der Waals surface area contributed by atoms with Crippen molar-refractivity contribution in [1.82, 2.24) is 14.9 Å². The molecule has 1 atom stereocenters. The summed E-state index contributed by atoms with van der Waals surface area (Å²) in [6.45, 7) is 5.31. The average molecular weight is 412 g/mol. The lowest BCUT2D eigenvalue weighted by Crippen LogP contribution is -2.40. The Morgan fingerprint density at radius 3 is 2.79 bits per heavy atom. The average Bonchev–Trinajstić information content (AvgIpc) is 3.02. The highest BCUT2D eigenvalue weighted by atomic mass is 32.1. The molecule has 1 saturated heterocycles. The molecule has 1 aliphatic heterocycles. The van der Waals surface area contributed by atoms with Gasteiger partial charge in [0, 0.05) is 23.9 Å². The zero-order valence-corrected chi connectivity index (χ0v) is 17.8. The first-order chi connectivity index (χ1) is 14.0. The zero-order valence-electron chi connectivity index (χ0n) is 16.9. The van der Waals surface area contributed by atoms with Gasteiger partial charge in [-0.25, -0.2) is 4.98 Å². The number of benzene rings is 1. The standard InChI is InChI=1S/C22H25N3O3S/c1-13-14(2)29-22-19(13)21(27)23-20(24-22)16-5-4-10-25(12-16)18(26)11-15-6-8-17(28-3)9-7-15/h6-9,16H,4-5,10-12H2,1-3H3,(H,23,24,27). The molecular formula is C22H25N3O3S. The number of H-pyrrole nitrogens is 1. The van der Waals surface area contributed by atoms with Crippen LogP contribution in [0.25, 0.3) is 10.2 Å². The summed E-state index contributed by atoms with van der Waals surface area (Å²) in [4.78, 5) is 37.0. The van der Waals surface area contributed by atoms with Crippen molar-refractivity contribution in [2.75, 3.05) is 20.2 Å². The summed E-state index contributed by atoms with van der Waals surface area (Å²) < 4.78 is 5.17. The van der Waals surface area contributed by atoms with Crippen LogP contribution in [0.3, 0.4) is 0 Å². The molecular weight excluding hydrogens is 386 g/mol. The summed E-state index contributed by atoms with van der Waals surface area (Å²) in [5.74, 6) is 1.64. The van der Waals surface area contributed by atoms with Crippen molar-refractivity contribution in [2.45, 2.75) is 39.0 Å². The van der Waals surface area contributed by atoms with E-state index in [-0.39, 0.29) is 17.4 Å². The van der Waals surface area contributed by atoms with Crippen molar-refractivity contribution in [3.8, 4) is 5.75 Å². The molecule has 0 radical (unpaired) electrons. The normalized spacial score (nSPS) is 16.9. The highest BCUT2D eigenvalue weighted by molar-refractivity contribution is 7.18. The molecule has 29 heavy (non-hydrogen) atoms. The van der Waals surface area contributed by atoms with E-state index in [2.05, 4.69) is 4.98 Å². The number of aromatic amines is 1. The van der Waals surface area contributed by atoms with Crippen LogP contribution in [0.4, 0.5) is 0 Å². The summed E-state index contributed by atoms with van der Waals surface area (Å²) in [7, 11) is 1.63. The Morgan fingerprint density at radius 2 is 2.07 bits per heavy atom. The third-order valence-corrected chi connectivity index (χ3v) is 6.83. The lowest BCUT2D eigenvalue weighted by molar-refractivity contribution is -0.131. The molecule has 2 aromatic heterocycles. The first kappa shape index (κ1) is 19.6. The van der Waals surface area contributed by atoms with Gasteiger partial charge in [0.1, 0.15) is 16.4 Å². The van der Waals surface area contributed by atoms with E-state index >= 15 is 0 Å². The fourth-order valence-electron chi connectivity index (χ4n) is 3.92. The number of hydrogen-bond acceptors (Lipinski definition) is 5. The van der Waals surface area contributed by atoms with E-state index in [0.29, 0.717) is 24.2 Å². The van der Waals surface area contributed by atoms with E-state index in [4.69, 9.17) is 9.72 Å². The van der Waals surface area contributed by atoms with Gasteiger partial charge >= 0.3 is 0 Å². The molecule has 1 aliphatic rings. The van der Waals surface area contributed by atoms with Gasteiger partial charge in [0.15, 0.2) is 0 Å². The van der Waals surface area contributed by atoms with Crippen molar-refractivity contribution in [1.29, 1.82) is 0 Å². The number of aryl methyl sites for hydroxylation is 2. The summed E-state index contributed by atoms with van der Waals surface area (Å²) in [6, 6.07) is 7.59. The van der Waals surface area contributed by atoms with Crippen molar-refractivity contribution in [2.24, 2.45) is 0 Å². The van der Waals surface area contributed by atoms with Crippen molar-refractivity contribution >= 4 is 27.5 Å². The minimum absolute atomic E-state index is 0.0587. The van der Waals surface area contributed by atoms with Crippen LogP contribution in [0.1, 0.15) is 40.6 Å². The number of carbonyl (C=O) groups is 1. The second-order valence-electron chi connectivity index (χ2n) is 7.62. The third kappa shape index (κ3) is 3.92. The lowest BCUT2D eigenvalue weighted by atomic mass is 9.96. The summed E-state index contributed by atoms with van der Waals surface area (Å²) in [5.41, 5.74) is 1.90. The maximum absolute atomic E-state index is 12.8. The van der Waals surface area contributed by atoms with E-state index in [1.807, 2.05) is 43.0 Å². The Labute approximate surface area is 173 Å². The van der Waals surface area contributed by atoms with E-state index in [1.54, 1.807) is 18.4 Å². The van der Waals surface area contributed by atoms with Gasteiger partial charge in [0.25, 0.3) is 5.56 Å². The molecule has 1 fully saturated rings. The number of amides is 1. The first-order valence-corrected chi connectivity index (χ1v) is 10.7. The second-order valence-corrected chi connectivity index (χ2v) is 8.82. The van der Waals surface area contributed by atoms with Crippen LogP contribution in [-0.4, -0.2) is 41.0 Å². The van der Waals surface area contributed by atoms with Crippen LogP contribution < -0.4 is 10.3 Å². The van der Waals surface area contributed by atoms with Crippen LogP contribution in [-0.2, 0) is 11.2 Å². The topological polar surface area (TPSA) is 75.3 Å². The van der Waals surface area contributed by atoms with E-state index in [1.165, 1.54) is 0 Å². The van der Waals surface area contributed by atoms with Crippen LogP contribution in [0, 0.1) is 13.8 Å². The molecule has 0 bridgehead atoms. The maximum Gasteiger partial charge on any atom is 0.259 e. The number of aromatic nitrogens is 2. The van der Waals surface area contributed by atoms with Gasteiger partial charge in [-0.2, -0.15) is 0 Å². The molecule has 0 saturated carbocycles. The van der Waals surface area contributed by atoms with Gasteiger partial charge in [-0.15, -0.1) is 11.3 Å². The Balaban J connectivity index is 1.51. The molecule has 1 aromatic carbocycles. The molecule has 7 heteroatoms. The van der Waals surface area contributed by atoms with Gasteiger partial charge in [0.2, 0.25) is 5.91 Å². The molecule has 4 rings (SSSR count). The number of hydrogen-bond donors (Lipinski definition) is 1. The number of methoxy groups -OCH3 is 1. The smallest absolute Gasteiger partial charge is 0.259 e. The predicted molar refractivity (Wildman–Crippen MR) is 115 cm³/mol. The molecule has 1 unspecified atom stereocenters. The van der Waals surface area contributed by atoms with Crippen LogP contribution >= 0.6 is 11.3 Å². The predicted octanol–water partition coefficient (Wildman–Crippen LogP) is 3.56. The molecule has 3 heterocycles. The van der Waals surface area contributed by atoms with Crippen molar-refractivity contribution < 1.29 is 9.53 Å². The third-order valence-electron chi connectivity index (χ3n) is 5.73. The van der Waals surface area contributed by atoms with Gasteiger partial charge in [-0.05, 0) is 49.9 Å². The fourth-order valence-corrected chi connectivity index (χ4v) is 4.96. The van der Waals surface area contributed by atoms with Gasteiger partial charge in [0.05, 0.1) is 18.9 Å². The molecule has 1 N–H and O–H groups in total. The van der Waals surface area contributed by atoms with Gasteiger partial charge < -0.3 is 14.6 Å². The molecule has 3 aromatic rings. The Kier molecular flexibility index (Phi) is 5.41. The number of nitrogens with zero attached hydrogens (tertiary/aromatic N) is 2. The Morgan fingerprint density at radius 1 is 1.31 bits per heavy atom. The number of ether oxygens (including phenoxy) is 1. The minimum atomic E-state index is -0.0754. The number of nitrogens with one attached hydrogen (secondary N) is 1. The second kappa shape index (κ2) is 7.99. The Hall–Kier alpha value is -2.67. The molecule has 0 aliphatic carbocycles. The highest BCUT2D eigenvalue weighted by Gasteiger charge is 2.27. The van der Waals surface area contributed by atoms with E-state index < -0.39 is 0 Å². The van der Waals surface area contributed by atoms with Crippen molar-refractivity contribution in [3.63, 3.8) is 0 Å². The summed E-state index contributed by atoms with van der Waals surface area (Å²) in [6.07, 6.45) is 2.19.